The van der Waals surface area contributed by atoms with Gasteiger partial charge in [0.05, 0.1) is 24.2 Å². The highest BCUT2D eigenvalue weighted by atomic mass is 32.2. The third kappa shape index (κ3) is 4.94. The third-order valence-electron chi connectivity index (χ3n) is 3.47. The van der Waals surface area contributed by atoms with Crippen molar-refractivity contribution in [3.8, 4) is 17.2 Å². The van der Waals surface area contributed by atoms with Gasteiger partial charge in [-0.1, -0.05) is 23.9 Å². The number of aromatic nitrogens is 4. The Hall–Kier alpha value is -3.21. The van der Waals surface area contributed by atoms with Gasteiger partial charge >= 0.3 is 6.61 Å². The summed E-state index contributed by atoms with van der Waals surface area (Å²) in [6.07, 6.45) is 0. The van der Waals surface area contributed by atoms with Crippen LogP contribution < -0.4 is 14.8 Å². The molecule has 3 rings (SSSR count). The van der Waals surface area contributed by atoms with Crippen molar-refractivity contribution in [3.63, 3.8) is 0 Å². The van der Waals surface area contributed by atoms with Gasteiger partial charge in [0.2, 0.25) is 11.1 Å². The van der Waals surface area contributed by atoms with Crippen molar-refractivity contribution in [2.75, 3.05) is 18.2 Å². The van der Waals surface area contributed by atoms with E-state index in [1.807, 2.05) is 0 Å². The molecule has 0 saturated heterocycles. The molecule has 1 N–H and O–H groups in total. The number of thioether (sulfide) groups is 1. The Bertz CT molecular complexity index is 937. The van der Waals surface area contributed by atoms with E-state index >= 15 is 0 Å². The Morgan fingerprint density at radius 2 is 1.96 bits per heavy atom. The topological polar surface area (TPSA) is 91.2 Å². The number of halogens is 2. The fourth-order valence-electron chi connectivity index (χ4n) is 2.24. The van der Waals surface area contributed by atoms with Crippen LogP contribution in [0.4, 0.5) is 14.5 Å². The molecule has 1 amide bonds. The number of benzene rings is 2. The summed E-state index contributed by atoms with van der Waals surface area (Å²) in [5.41, 5.74) is 0.854. The summed E-state index contributed by atoms with van der Waals surface area (Å²) in [6, 6.07) is 13.0. The second-order valence-electron chi connectivity index (χ2n) is 5.28. The van der Waals surface area contributed by atoms with Crippen LogP contribution in [0.1, 0.15) is 0 Å². The van der Waals surface area contributed by atoms with Gasteiger partial charge < -0.3 is 14.8 Å². The standard InChI is InChI=1S/C17H15F2N5O3S/c1-26-12-8-6-11(7-9-12)24-17(21-22-23-24)28-10-15(25)20-13-4-2-3-5-14(13)27-16(18)19/h2-9,16H,10H2,1H3,(H,20,25). The van der Waals surface area contributed by atoms with Crippen molar-refractivity contribution < 1.29 is 23.0 Å². The zero-order valence-electron chi connectivity index (χ0n) is 14.6. The van der Waals surface area contributed by atoms with Crippen molar-refractivity contribution in [1.82, 2.24) is 20.2 Å². The molecule has 146 valence electrons. The highest BCUT2D eigenvalue weighted by Crippen LogP contribution is 2.26. The number of rotatable bonds is 8. The first-order valence-electron chi connectivity index (χ1n) is 7.96. The Balaban J connectivity index is 1.64. The fraction of sp³-hybridized carbons (Fsp3) is 0.176. The number of amides is 1. The molecular formula is C17H15F2N5O3S. The molecule has 0 radical (unpaired) electrons. The molecule has 0 aliphatic heterocycles. The molecule has 1 heterocycles. The van der Waals surface area contributed by atoms with Crippen molar-refractivity contribution in [1.29, 1.82) is 0 Å². The highest BCUT2D eigenvalue weighted by molar-refractivity contribution is 7.99. The molecular weight excluding hydrogens is 392 g/mol. The number of ether oxygens (including phenoxy) is 2. The molecule has 11 heteroatoms. The van der Waals surface area contributed by atoms with Crippen molar-refractivity contribution in [2.24, 2.45) is 0 Å². The maximum Gasteiger partial charge on any atom is 0.387 e. The minimum absolute atomic E-state index is 0.0282. The van der Waals surface area contributed by atoms with Gasteiger partial charge in [-0.05, 0) is 46.8 Å². The van der Waals surface area contributed by atoms with Crippen molar-refractivity contribution in [2.45, 2.75) is 11.8 Å². The number of anilines is 1. The summed E-state index contributed by atoms with van der Waals surface area (Å²) in [5, 5.41) is 14.4. The molecule has 1 aromatic heterocycles. The normalized spacial score (nSPS) is 10.7. The van der Waals surface area contributed by atoms with E-state index in [-0.39, 0.29) is 17.2 Å². The number of para-hydroxylation sites is 2. The minimum Gasteiger partial charge on any atom is -0.497 e. The largest absolute Gasteiger partial charge is 0.497 e. The van der Waals surface area contributed by atoms with E-state index in [0.29, 0.717) is 16.6 Å². The summed E-state index contributed by atoms with van der Waals surface area (Å²) in [4.78, 5) is 12.2. The Morgan fingerprint density at radius 1 is 1.21 bits per heavy atom. The van der Waals surface area contributed by atoms with Crippen molar-refractivity contribution in [3.05, 3.63) is 48.5 Å². The molecule has 0 aliphatic carbocycles. The predicted molar refractivity (Wildman–Crippen MR) is 98.1 cm³/mol. The number of alkyl halides is 2. The zero-order chi connectivity index (χ0) is 19.9. The zero-order valence-corrected chi connectivity index (χ0v) is 15.4. The van der Waals surface area contributed by atoms with E-state index in [0.717, 1.165) is 11.8 Å². The minimum atomic E-state index is -2.98. The smallest absolute Gasteiger partial charge is 0.387 e. The van der Waals surface area contributed by atoms with E-state index < -0.39 is 12.5 Å². The molecule has 28 heavy (non-hydrogen) atoms. The van der Waals surface area contributed by atoms with E-state index in [1.165, 1.54) is 22.9 Å². The van der Waals surface area contributed by atoms with Crippen LogP contribution in [0, 0.1) is 0 Å². The van der Waals surface area contributed by atoms with Gasteiger partial charge in [-0.2, -0.15) is 13.5 Å². The van der Waals surface area contributed by atoms with Crippen molar-refractivity contribution >= 4 is 23.4 Å². The van der Waals surface area contributed by atoms with Crippen LogP contribution in [0.5, 0.6) is 11.5 Å². The lowest BCUT2D eigenvalue weighted by molar-refractivity contribution is -0.113. The summed E-state index contributed by atoms with van der Waals surface area (Å²) < 4.78 is 35.9. The second-order valence-corrected chi connectivity index (χ2v) is 6.23. The molecule has 0 spiro atoms. The summed E-state index contributed by atoms with van der Waals surface area (Å²) in [6.45, 7) is -2.98. The van der Waals surface area contributed by atoms with Crippen LogP contribution in [0.2, 0.25) is 0 Å². The number of tetrazole rings is 1. The van der Waals surface area contributed by atoms with E-state index in [2.05, 4.69) is 25.6 Å². The first-order chi connectivity index (χ1) is 13.6. The summed E-state index contributed by atoms with van der Waals surface area (Å²) in [7, 11) is 1.57. The maximum absolute atomic E-state index is 12.5. The van der Waals surface area contributed by atoms with Crippen LogP contribution in [0.25, 0.3) is 5.69 Å². The van der Waals surface area contributed by atoms with E-state index in [1.54, 1.807) is 37.4 Å². The Kier molecular flexibility index (Phi) is 6.37. The lowest BCUT2D eigenvalue weighted by Gasteiger charge is -2.11. The molecule has 0 aliphatic rings. The number of hydrogen-bond acceptors (Lipinski definition) is 7. The molecule has 0 bridgehead atoms. The Labute approximate surface area is 162 Å². The molecule has 0 saturated carbocycles. The van der Waals surface area contributed by atoms with Gasteiger partial charge in [0.1, 0.15) is 11.5 Å². The van der Waals surface area contributed by atoms with Gasteiger partial charge in [0.25, 0.3) is 0 Å². The van der Waals surface area contributed by atoms with Gasteiger partial charge in [0, 0.05) is 0 Å². The van der Waals surface area contributed by atoms with Crippen LogP contribution in [-0.4, -0.2) is 45.6 Å². The number of nitrogens with zero attached hydrogens (tertiary/aromatic N) is 4. The number of carbonyl (C=O) groups is 1. The van der Waals surface area contributed by atoms with Gasteiger partial charge in [0.15, 0.2) is 0 Å². The SMILES string of the molecule is COc1ccc(-n2nnnc2SCC(=O)Nc2ccccc2OC(F)F)cc1. The van der Waals surface area contributed by atoms with E-state index in [9.17, 15) is 13.6 Å². The van der Waals surface area contributed by atoms with E-state index in [4.69, 9.17) is 4.74 Å². The molecule has 3 aromatic rings. The van der Waals surface area contributed by atoms with Gasteiger partial charge in [-0.3, -0.25) is 4.79 Å². The molecule has 0 unspecified atom stereocenters. The summed E-state index contributed by atoms with van der Waals surface area (Å²) >= 11 is 1.10. The molecule has 2 aromatic carbocycles. The first kappa shape index (κ1) is 19.5. The fourth-order valence-corrected chi connectivity index (χ4v) is 2.93. The van der Waals surface area contributed by atoms with Crippen LogP contribution in [0.15, 0.2) is 53.7 Å². The lowest BCUT2D eigenvalue weighted by atomic mass is 10.3. The van der Waals surface area contributed by atoms with Gasteiger partial charge in [-0.25, -0.2) is 0 Å². The molecule has 0 fully saturated rings. The Morgan fingerprint density at radius 3 is 2.68 bits per heavy atom. The second kappa shape index (κ2) is 9.13. The average molecular weight is 407 g/mol. The maximum atomic E-state index is 12.5. The lowest BCUT2D eigenvalue weighted by Crippen LogP contribution is -2.16. The number of nitrogens with one attached hydrogen (secondary N) is 1. The number of methoxy groups -OCH3 is 1. The monoisotopic (exact) mass is 407 g/mol. The first-order valence-corrected chi connectivity index (χ1v) is 8.94. The highest BCUT2D eigenvalue weighted by Gasteiger charge is 2.14. The van der Waals surface area contributed by atoms with Crippen LogP contribution in [0.3, 0.4) is 0 Å². The quantitative estimate of drug-likeness (QED) is 0.574. The predicted octanol–water partition coefficient (Wildman–Crippen LogP) is 3.00. The third-order valence-corrected chi connectivity index (χ3v) is 4.39. The van der Waals surface area contributed by atoms with Gasteiger partial charge in [-0.15, -0.1) is 5.10 Å². The summed E-state index contributed by atoms with van der Waals surface area (Å²) in [5.74, 6) is 0.133. The molecule has 0 atom stereocenters. The van der Waals surface area contributed by atoms with Crippen LogP contribution in [-0.2, 0) is 4.79 Å². The number of carbonyl (C=O) groups excluding carboxylic acids is 1. The average Bonchev–Trinajstić information content (AvgIpc) is 3.16. The number of hydrogen-bond donors (Lipinski definition) is 1. The molecule has 8 nitrogen and oxygen atoms in total. The van der Waals surface area contributed by atoms with Crippen LogP contribution >= 0.6 is 11.8 Å².